The smallest absolute Gasteiger partial charge is 0.0810 e. The van der Waals surface area contributed by atoms with Crippen LogP contribution in [0.5, 0.6) is 0 Å². The van der Waals surface area contributed by atoms with Crippen molar-refractivity contribution in [2.75, 3.05) is 13.2 Å². The van der Waals surface area contributed by atoms with E-state index in [4.69, 9.17) is 15.2 Å². The third-order valence-electron chi connectivity index (χ3n) is 2.82. The van der Waals surface area contributed by atoms with E-state index in [1.54, 1.807) is 0 Å². The highest BCUT2D eigenvalue weighted by Crippen LogP contribution is 2.13. The predicted octanol–water partition coefficient (Wildman–Crippen LogP) is 1.71. The third-order valence-corrected chi connectivity index (χ3v) is 2.82. The van der Waals surface area contributed by atoms with Crippen LogP contribution in [0.1, 0.15) is 18.4 Å². The number of rotatable bonds is 4. The summed E-state index contributed by atoms with van der Waals surface area (Å²) in [6, 6.07) is 10.4. The van der Waals surface area contributed by atoms with E-state index in [9.17, 15) is 0 Å². The Morgan fingerprint density at radius 2 is 2.06 bits per heavy atom. The van der Waals surface area contributed by atoms with Gasteiger partial charge in [0.1, 0.15) is 0 Å². The predicted molar refractivity (Wildman–Crippen MR) is 63.0 cm³/mol. The van der Waals surface area contributed by atoms with Crippen LogP contribution in [0.15, 0.2) is 30.3 Å². The minimum atomic E-state index is 0.213. The van der Waals surface area contributed by atoms with E-state index in [0.29, 0.717) is 19.8 Å². The average Bonchev–Trinajstić information content (AvgIpc) is 2.33. The molecular formula is C13H19NO2. The largest absolute Gasteiger partial charge is 0.374 e. The van der Waals surface area contributed by atoms with Crippen molar-refractivity contribution < 1.29 is 9.47 Å². The lowest BCUT2D eigenvalue weighted by atomic mass is 10.1. The Morgan fingerprint density at radius 1 is 1.25 bits per heavy atom. The summed E-state index contributed by atoms with van der Waals surface area (Å²) in [5.41, 5.74) is 6.95. The lowest BCUT2D eigenvalue weighted by Crippen LogP contribution is -2.37. The molecule has 0 saturated carbocycles. The zero-order chi connectivity index (χ0) is 11.2. The molecule has 1 aromatic rings. The highest BCUT2D eigenvalue weighted by molar-refractivity contribution is 5.13. The first-order chi connectivity index (χ1) is 7.84. The summed E-state index contributed by atoms with van der Waals surface area (Å²) in [5.74, 6) is 0. The molecule has 1 saturated heterocycles. The molecule has 2 rings (SSSR count). The Hall–Kier alpha value is -0.900. The molecule has 1 heterocycles. The first-order valence-corrected chi connectivity index (χ1v) is 5.83. The minimum absolute atomic E-state index is 0.213. The van der Waals surface area contributed by atoms with E-state index in [2.05, 4.69) is 12.1 Å². The maximum atomic E-state index is 5.75. The van der Waals surface area contributed by atoms with E-state index in [1.807, 2.05) is 18.2 Å². The van der Waals surface area contributed by atoms with Gasteiger partial charge in [-0.15, -0.1) is 0 Å². The van der Waals surface area contributed by atoms with Gasteiger partial charge in [-0.2, -0.15) is 0 Å². The van der Waals surface area contributed by atoms with Crippen molar-refractivity contribution >= 4 is 0 Å². The molecule has 88 valence electrons. The zero-order valence-corrected chi connectivity index (χ0v) is 9.47. The van der Waals surface area contributed by atoms with Gasteiger partial charge in [-0.25, -0.2) is 0 Å². The first-order valence-electron chi connectivity index (χ1n) is 5.83. The van der Waals surface area contributed by atoms with Crippen LogP contribution in [0.3, 0.4) is 0 Å². The normalized spacial score (nSPS) is 25.6. The van der Waals surface area contributed by atoms with Gasteiger partial charge in [0.15, 0.2) is 0 Å². The van der Waals surface area contributed by atoms with Crippen molar-refractivity contribution in [2.45, 2.75) is 31.6 Å². The van der Waals surface area contributed by atoms with E-state index in [1.165, 1.54) is 5.56 Å². The second-order valence-corrected chi connectivity index (χ2v) is 4.29. The maximum Gasteiger partial charge on any atom is 0.0810 e. The molecule has 0 aromatic heterocycles. The molecule has 2 unspecified atom stereocenters. The Morgan fingerprint density at radius 3 is 2.75 bits per heavy atom. The van der Waals surface area contributed by atoms with Gasteiger partial charge in [0.25, 0.3) is 0 Å². The summed E-state index contributed by atoms with van der Waals surface area (Å²) in [7, 11) is 0. The summed E-state index contributed by atoms with van der Waals surface area (Å²) in [5, 5.41) is 0. The van der Waals surface area contributed by atoms with Gasteiger partial charge in [-0.05, 0) is 18.4 Å². The van der Waals surface area contributed by atoms with Gasteiger partial charge in [0.2, 0.25) is 0 Å². The Kier molecular flexibility index (Phi) is 4.34. The molecule has 2 N–H and O–H groups in total. The van der Waals surface area contributed by atoms with Crippen LogP contribution >= 0.6 is 0 Å². The van der Waals surface area contributed by atoms with Crippen molar-refractivity contribution in [1.82, 2.24) is 0 Å². The number of ether oxygens (including phenoxy) is 2. The van der Waals surface area contributed by atoms with Crippen LogP contribution in [0.4, 0.5) is 0 Å². The fourth-order valence-corrected chi connectivity index (χ4v) is 1.84. The molecule has 2 atom stereocenters. The fourth-order valence-electron chi connectivity index (χ4n) is 1.84. The molecule has 1 aliphatic rings. The highest BCUT2D eigenvalue weighted by Gasteiger charge is 2.18. The summed E-state index contributed by atoms with van der Waals surface area (Å²) in [4.78, 5) is 0. The second-order valence-electron chi connectivity index (χ2n) is 4.29. The maximum absolute atomic E-state index is 5.75. The Balaban J connectivity index is 1.65. The summed E-state index contributed by atoms with van der Waals surface area (Å²) < 4.78 is 11.2. The first kappa shape index (κ1) is 11.6. The van der Waals surface area contributed by atoms with E-state index in [0.717, 1.165) is 12.8 Å². The minimum Gasteiger partial charge on any atom is -0.374 e. The molecule has 1 fully saturated rings. The standard InChI is InChI=1S/C13H19NO2/c14-12-6-7-13(16-9-12)10-15-8-11-4-2-1-3-5-11/h1-5,12-13H,6-10,14H2. The van der Waals surface area contributed by atoms with Crippen LogP contribution in [-0.2, 0) is 16.1 Å². The third kappa shape index (κ3) is 3.59. The van der Waals surface area contributed by atoms with Gasteiger partial charge in [0.05, 0.1) is 25.9 Å². The van der Waals surface area contributed by atoms with Gasteiger partial charge in [-0.3, -0.25) is 0 Å². The summed E-state index contributed by atoms with van der Waals surface area (Å²) >= 11 is 0. The van der Waals surface area contributed by atoms with Crippen molar-refractivity contribution in [1.29, 1.82) is 0 Å². The molecule has 3 nitrogen and oxygen atoms in total. The molecule has 0 bridgehead atoms. The number of hydrogen-bond acceptors (Lipinski definition) is 3. The zero-order valence-electron chi connectivity index (χ0n) is 9.47. The number of benzene rings is 1. The second kappa shape index (κ2) is 5.99. The van der Waals surface area contributed by atoms with Crippen molar-refractivity contribution in [3.63, 3.8) is 0 Å². The van der Waals surface area contributed by atoms with Crippen molar-refractivity contribution in [3.05, 3.63) is 35.9 Å². The van der Waals surface area contributed by atoms with Gasteiger partial charge >= 0.3 is 0 Å². The fraction of sp³-hybridized carbons (Fsp3) is 0.538. The van der Waals surface area contributed by atoms with E-state index in [-0.39, 0.29) is 12.1 Å². The molecule has 1 aliphatic heterocycles. The van der Waals surface area contributed by atoms with Crippen LogP contribution in [0.2, 0.25) is 0 Å². The van der Waals surface area contributed by atoms with Gasteiger partial charge < -0.3 is 15.2 Å². The van der Waals surface area contributed by atoms with Crippen LogP contribution < -0.4 is 5.73 Å². The molecule has 0 aliphatic carbocycles. The Labute approximate surface area is 96.5 Å². The molecule has 0 amide bonds. The molecule has 0 radical (unpaired) electrons. The SMILES string of the molecule is NC1CCC(COCc2ccccc2)OC1. The van der Waals surface area contributed by atoms with E-state index >= 15 is 0 Å². The van der Waals surface area contributed by atoms with Crippen molar-refractivity contribution in [3.8, 4) is 0 Å². The molecule has 1 aromatic carbocycles. The van der Waals surface area contributed by atoms with Crippen molar-refractivity contribution in [2.24, 2.45) is 5.73 Å². The lowest BCUT2D eigenvalue weighted by Gasteiger charge is -2.26. The van der Waals surface area contributed by atoms with Gasteiger partial charge in [-0.1, -0.05) is 30.3 Å². The van der Waals surface area contributed by atoms with E-state index < -0.39 is 0 Å². The molecular weight excluding hydrogens is 202 g/mol. The molecule has 0 spiro atoms. The highest BCUT2D eigenvalue weighted by atomic mass is 16.5. The van der Waals surface area contributed by atoms with Crippen LogP contribution in [0, 0.1) is 0 Å². The summed E-state index contributed by atoms with van der Waals surface area (Å²) in [6.45, 7) is 1.99. The number of nitrogens with two attached hydrogens (primary N) is 1. The number of hydrogen-bond donors (Lipinski definition) is 1. The molecule has 3 heteroatoms. The summed E-state index contributed by atoms with van der Waals surface area (Å²) in [6.07, 6.45) is 2.28. The van der Waals surface area contributed by atoms with Crippen LogP contribution in [-0.4, -0.2) is 25.4 Å². The van der Waals surface area contributed by atoms with Crippen LogP contribution in [0.25, 0.3) is 0 Å². The van der Waals surface area contributed by atoms with Gasteiger partial charge in [0, 0.05) is 6.04 Å². The molecule has 16 heavy (non-hydrogen) atoms. The topological polar surface area (TPSA) is 44.5 Å². The monoisotopic (exact) mass is 221 g/mol. The lowest BCUT2D eigenvalue weighted by molar-refractivity contribution is -0.0509. The Bertz CT molecular complexity index is 294. The average molecular weight is 221 g/mol. The quantitative estimate of drug-likeness (QED) is 0.841.